The monoisotopic (exact) mass is 233 g/mol. The quantitative estimate of drug-likeness (QED) is 0.834. The molecular weight excluding hydrogens is 218 g/mol. The summed E-state index contributed by atoms with van der Waals surface area (Å²) >= 11 is 1.74. The maximum atomic E-state index is 4.17. The smallest absolute Gasteiger partial charge is 0.127 e. The predicted molar refractivity (Wildman–Crippen MR) is 70.3 cm³/mol. The zero-order valence-corrected chi connectivity index (χ0v) is 10.1. The number of nitrogens with zero attached hydrogens (tertiary/aromatic N) is 1. The topological polar surface area (TPSA) is 37.0 Å². The Bertz CT molecular complexity index is 426. The van der Waals surface area contributed by atoms with Crippen LogP contribution in [-0.2, 0) is 6.42 Å². The summed E-state index contributed by atoms with van der Waals surface area (Å²) in [7, 11) is 1.87. The van der Waals surface area contributed by atoms with Crippen molar-refractivity contribution in [2.45, 2.75) is 6.42 Å². The summed E-state index contributed by atoms with van der Waals surface area (Å²) in [6.45, 7) is 0.948. The van der Waals surface area contributed by atoms with Gasteiger partial charge in [0.25, 0.3) is 0 Å². The molecule has 0 amide bonds. The molecule has 84 valence electrons. The van der Waals surface area contributed by atoms with Crippen molar-refractivity contribution < 1.29 is 0 Å². The van der Waals surface area contributed by atoms with Crippen LogP contribution in [0.3, 0.4) is 0 Å². The first-order valence-corrected chi connectivity index (χ1v) is 6.21. The highest BCUT2D eigenvalue weighted by Crippen LogP contribution is 2.12. The first-order valence-electron chi connectivity index (χ1n) is 5.27. The largest absolute Gasteiger partial charge is 0.385 e. The Morgan fingerprint density at radius 1 is 1.38 bits per heavy atom. The van der Waals surface area contributed by atoms with Crippen LogP contribution in [0.25, 0.3) is 0 Å². The van der Waals surface area contributed by atoms with Gasteiger partial charge in [0.1, 0.15) is 5.82 Å². The van der Waals surface area contributed by atoms with E-state index in [0.29, 0.717) is 0 Å². The van der Waals surface area contributed by atoms with Crippen molar-refractivity contribution >= 4 is 22.8 Å². The lowest BCUT2D eigenvalue weighted by Crippen LogP contribution is -2.04. The van der Waals surface area contributed by atoms with E-state index in [-0.39, 0.29) is 0 Å². The Morgan fingerprint density at radius 2 is 2.31 bits per heavy atom. The summed E-state index contributed by atoms with van der Waals surface area (Å²) in [4.78, 5) is 4.17. The third kappa shape index (κ3) is 2.97. The average Bonchev–Trinajstić information content (AvgIpc) is 2.82. The molecule has 0 saturated carbocycles. The SMILES string of the molecule is CNc1cc(NCCc2ccsc2)ccn1. The Hall–Kier alpha value is -1.55. The molecule has 0 atom stereocenters. The summed E-state index contributed by atoms with van der Waals surface area (Å²) in [5.74, 6) is 0.889. The van der Waals surface area contributed by atoms with Crippen LogP contribution in [0, 0.1) is 0 Å². The van der Waals surface area contributed by atoms with Gasteiger partial charge in [0.2, 0.25) is 0 Å². The minimum atomic E-state index is 0.889. The van der Waals surface area contributed by atoms with Crippen molar-refractivity contribution in [3.63, 3.8) is 0 Å². The normalized spacial score (nSPS) is 10.1. The fourth-order valence-electron chi connectivity index (χ4n) is 1.46. The molecule has 16 heavy (non-hydrogen) atoms. The number of nitrogens with one attached hydrogen (secondary N) is 2. The van der Waals surface area contributed by atoms with Gasteiger partial charge < -0.3 is 10.6 Å². The van der Waals surface area contributed by atoms with Crippen LogP contribution >= 0.6 is 11.3 Å². The molecule has 2 aromatic rings. The summed E-state index contributed by atoms with van der Waals surface area (Å²) in [6, 6.07) is 6.15. The second-order valence-electron chi connectivity index (χ2n) is 3.49. The minimum Gasteiger partial charge on any atom is -0.385 e. The van der Waals surface area contributed by atoms with Gasteiger partial charge in [-0.3, -0.25) is 0 Å². The third-order valence-electron chi connectivity index (χ3n) is 2.34. The zero-order chi connectivity index (χ0) is 11.2. The van der Waals surface area contributed by atoms with Gasteiger partial charge in [0.05, 0.1) is 0 Å². The fourth-order valence-corrected chi connectivity index (χ4v) is 2.17. The number of rotatable bonds is 5. The van der Waals surface area contributed by atoms with Crippen LogP contribution < -0.4 is 10.6 Å². The van der Waals surface area contributed by atoms with Gasteiger partial charge in [-0.1, -0.05) is 0 Å². The minimum absolute atomic E-state index is 0.889. The van der Waals surface area contributed by atoms with Crippen molar-refractivity contribution in [1.29, 1.82) is 0 Å². The van der Waals surface area contributed by atoms with E-state index in [1.807, 2.05) is 19.2 Å². The number of aromatic nitrogens is 1. The van der Waals surface area contributed by atoms with Gasteiger partial charge in [0.15, 0.2) is 0 Å². The summed E-state index contributed by atoms with van der Waals surface area (Å²) in [5, 5.41) is 10.7. The van der Waals surface area contributed by atoms with E-state index < -0.39 is 0 Å². The van der Waals surface area contributed by atoms with Gasteiger partial charge in [-0.2, -0.15) is 11.3 Å². The van der Waals surface area contributed by atoms with Crippen LogP contribution in [0.1, 0.15) is 5.56 Å². The van der Waals surface area contributed by atoms with Gasteiger partial charge in [-0.05, 0) is 34.9 Å². The molecule has 0 radical (unpaired) electrons. The second-order valence-corrected chi connectivity index (χ2v) is 4.27. The van der Waals surface area contributed by atoms with Gasteiger partial charge >= 0.3 is 0 Å². The third-order valence-corrected chi connectivity index (χ3v) is 3.07. The molecule has 0 spiro atoms. The zero-order valence-electron chi connectivity index (χ0n) is 9.23. The lowest BCUT2D eigenvalue weighted by Gasteiger charge is -2.06. The highest BCUT2D eigenvalue weighted by molar-refractivity contribution is 7.07. The van der Waals surface area contributed by atoms with E-state index in [0.717, 1.165) is 24.5 Å². The van der Waals surface area contributed by atoms with Gasteiger partial charge in [-0.15, -0.1) is 0 Å². The van der Waals surface area contributed by atoms with E-state index in [9.17, 15) is 0 Å². The Labute approximate surface area is 99.5 Å². The van der Waals surface area contributed by atoms with Crippen LogP contribution in [0.5, 0.6) is 0 Å². The van der Waals surface area contributed by atoms with E-state index in [1.54, 1.807) is 17.5 Å². The van der Waals surface area contributed by atoms with Gasteiger partial charge in [0, 0.05) is 31.5 Å². The highest BCUT2D eigenvalue weighted by Gasteiger charge is 1.96. The van der Waals surface area contributed by atoms with Crippen molar-refractivity contribution in [1.82, 2.24) is 4.98 Å². The average molecular weight is 233 g/mol. The molecule has 0 fully saturated rings. The molecule has 3 nitrogen and oxygen atoms in total. The molecule has 2 rings (SSSR count). The van der Waals surface area contributed by atoms with Crippen molar-refractivity contribution in [2.75, 3.05) is 24.2 Å². The molecule has 0 saturated heterocycles. The van der Waals surface area contributed by atoms with E-state index in [4.69, 9.17) is 0 Å². The van der Waals surface area contributed by atoms with Crippen molar-refractivity contribution in [2.24, 2.45) is 0 Å². The molecular formula is C12H15N3S. The molecule has 2 heterocycles. The summed E-state index contributed by atoms with van der Waals surface area (Å²) in [5.41, 5.74) is 2.50. The number of hydrogen-bond acceptors (Lipinski definition) is 4. The number of anilines is 2. The molecule has 0 unspecified atom stereocenters. The number of pyridine rings is 1. The molecule has 0 aromatic carbocycles. The van der Waals surface area contributed by atoms with E-state index >= 15 is 0 Å². The molecule has 0 aliphatic heterocycles. The highest BCUT2D eigenvalue weighted by atomic mass is 32.1. The Kier molecular flexibility index (Phi) is 3.77. The Balaban J connectivity index is 1.85. The van der Waals surface area contributed by atoms with Crippen molar-refractivity contribution in [3.05, 3.63) is 40.7 Å². The van der Waals surface area contributed by atoms with Crippen LogP contribution in [0.2, 0.25) is 0 Å². The van der Waals surface area contributed by atoms with Gasteiger partial charge in [-0.25, -0.2) is 4.98 Å². The molecule has 4 heteroatoms. The lowest BCUT2D eigenvalue weighted by atomic mass is 10.2. The fraction of sp³-hybridized carbons (Fsp3) is 0.250. The Morgan fingerprint density at radius 3 is 3.06 bits per heavy atom. The first kappa shape index (κ1) is 11.0. The summed E-state index contributed by atoms with van der Waals surface area (Å²) in [6.07, 6.45) is 2.86. The number of hydrogen-bond donors (Lipinski definition) is 2. The maximum Gasteiger partial charge on any atom is 0.127 e. The second kappa shape index (κ2) is 5.51. The predicted octanol–water partition coefficient (Wildman–Crippen LogP) is 2.84. The molecule has 2 aromatic heterocycles. The van der Waals surface area contributed by atoms with Crippen LogP contribution in [0.4, 0.5) is 11.5 Å². The van der Waals surface area contributed by atoms with Crippen LogP contribution in [0.15, 0.2) is 35.2 Å². The first-order chi connectivity index (χ1) is 7.88. The molecule has 2 N–H and O–H groups in total. The van der Waals surface area contributed by atoms with E-state index in [2.05, 4.69) is 32.4 Å². The molecule has 0 aliphatic rings. The maximum absolute atomic E-state index is 4.17. The standard InChI is InChI=1S/C12H15N3S/c1-13-12-8-11(3-6-15-12)14-5-2-10-4-7-16-9-10/h3-4,6-9H,2,5H2,1H3,(H2,13,14,15). The van der Waals surface area contributed by atoms with Crippen LogP contribution in [-0.4, -0.2) is 18.6 Å². The number of thiophene rings is 1. The summed E-state index contributed by atoms with van der Waals surface area (Å²) < 4.78 is 0. The lowest BCUT2D eigenvalue weighted by molar-refractivity contribution is 1.03. The van der Waals surface area contributed by atoms with Crippen molar-refractivity contribution in [3.8, 4) is 0 Å². The molecule has 0 bridgehead atoms. The molecule has 0 aliphatic carbocycles. The van der Waals surface area contributed by atoms with E-state index in [1.165, 1.54) is 5.56 Å².